The number of hydrogen-bond acceptors (Lipinski definition) is 5. The number of H-pyrrole nitrogens is 1. The van der Waals surface area contributed by atoms with Gasteiger partial charge >= 0.3 is 6.18 Å². The molecule has 0 unspecified atom stereocenters. The fraction of sp³-hybridized carbons (Fsp3) is 0.263. The van der Waals surface area contributed by atoms with E-state index in [2.05, 4.69) is 19.9 Å². The van der Waals surface area contributed by atoms with Crippen molar-refractivity contribution in [1.82, 2.24) is 24.8 Å². The zero-order chi connectivity index (χ0) is 20.6. The molecule has 1 aliphatic heterocycles. The number of fused-ring (bicyclic) bond motifs is 1. The van der Waals surface area contributed by atoms with E-state index in [1.807, 2.05) is 0 Å². The van der Waals surface area contributed by atoms with Crippen molar-refractivity contribution in [2.75, 3.05) is 6.54 Å². The second-order valence-corrected chi connectivity index (χ2v) is 6.70. The van der Waals surface area contributed by atoms with Gasteiger partial charge in [0, 0.05) is 43.2 Å². The highest BCUT2D eigenvalue weighted by Crippen LogP contribution is 2.33. The highest BCUT2D eigenvalue weighted by atomic mass is 19.4. The van der Waals surface area contributed by atoms with E-state index < -0.39 is 17.6 Å². The summed E-state index contributed by atoms with van der Waals surface area (Å²) in [5, 5.41) is 0. The first-order chi connectivity index (χ1) is 13.8. The summed E-state index contributed by atoms with van der Waals surface area (Å²) in [4.78, 5) is 29.1. The molecule has 1 N–H and O–H groups in total. The van der Waals surface area contributed by atoms with Gasteiger partial charge in [-0.05, 0) is 12.5 Å². The molecule has 0 saturated carbocycles. The van der Waals surface area contributed by atoms with Crippen molar-refractivity contribution < 1.29 is 17.6 Å². The van der Waals surface area contributed by atoms with Crippen molar-refractivity contribution in [3.63, 3.8) is 0 Å². The Labute approximate surface area is 162 Å². The quantitative estimate of drug-likeness (QED) is 0.679. The molecule has 0 spiro atoms. The van der Waals surface area contributed by atoms with E-state index in [0.717, 1.165) is 6.07 Å². The molecular formula is C19H15F4N5O. The summed E-state index contributed by atoms with van der Waals surface area (Å²) in [6.45, 7) is 0.602. The second kappa shape index (κ2) is 7.36. The van der Waals surface area contributed by atoms with Crippen molar-refractivity contribution >= 4 is 0 Å². The van der Waals surface area contributed by atoms with Crippen LogP contribution < -0.4 is 5.56 Å². The van der Waals surface area contributed by atoms with Gasteiger partial charge in [0.2, 0.25) is 0 Å². The summed E-state index contributed by atoms with van der Waals surface area (Å²) >= 11 is 0. The first kappa shape index (κ1) is 19.2. The first-order valence-electron chi connectivity index (χ1n) is 8.77. The smallest absolute Gasteiger partial charge is 0.306 e. The predicted octanol–water partition coefficient (Wildman–Crippen LogP) is 2.94. The summed E-state index contributed by atoms with van der Waals surface area (Å²) in [5.74, 6) is -0.965. The zero-order valence-electron chi connectivity index (χ0n) is 15.0. The van der Waals surface area contributed by atoms with Crippen molar-refractivity contribution in [2.45, 2.75) is 25.7 Å². The largest absolute Gasteiger partial charge is 0.419 e. The number of aromatic amines is 1. The third-order valence-electron chi connectivity index (χ3n) is 4.76. The average Bonchev–Trinajstić information content (AvgIpc) is 2.69. The fourth-order valence-corrected chi connectivity index (χ4v) is 3.35. The highest BCUT2D eigenvalue weighted by molar-refractivity contribution is 5.52. The molecule has 150 valence electrons. The number of hydrogen-bond donors (Lipinski definition) is 1. The summed E-state index contributed by atoms with van der Waals surface area (Å²) in [6.07, 6.45) is -0.0161. The van der Waals surface area contributed by atoms with Crippen LogP contribution in [0.5, 0.6) is 0 Å². The molecular weight excluding hydrogens is 390 g/mol. The number of aromatic nitrogens is 4. The lowest BCUT2D eigenvalue weighted by atomic mass is 10.0. The van der Waals surface area contributed by atoms with Crippen LogP contribution in [0.25, 0.3) is 11.4 Å². The van der Waals surface area contributed by atoms with E-state index in [-0.39, 0.29) is 24.2 Å². The minimum Gasteiger partial charge on any atom is -0.306 e. The van der Waals surface area contributed by atoms with E-state index in [9.17, 15) is 22.4 Å². The van der Waals surface area contributed by atoms with E-state index in [0.29, 0.717) is 35.6 Å². The summed E-state index contributed by atoms with van der Waals surface area (Å²) in [6, 6.07) is 3.24. The molecule has 0 fully saturated rings. The van der Waals surface area contributed by atoms with Gasteiger partial charge in [0.1, 0.15) is 18.0 Å². The van der Waals surface area contributed by atoms with Crippen molar-refractivity contribution in [3.05, 3.63) is 75.5 Å². The number of alkyl halides is 3. The van der Waals surface area contributed by atoms with Gasteiger partial charge in [-0.25, -0.2) is 19.3 Å². The third-order valence-corrected chi connectivity index (χ3v) is 4.76. The Bertz CT molecular complexity index is 1100. The molecule has 1 aliphatic rings. The van der Waals surface area contributed by atoms with Crippen molar-refractivity contribution in [2.24, 2.45) is 0 Å². The van der Waals surface area contributed by atoms with Crippen LogP contribution in [-0.2, 0) is 25.7 Å². The Hall–Kier alpha value is -3.14. The van der Waals surface area contributed by atoms with Crippen LogP contribution in [0.3, 0.4) is 0 Å². The molecule has 10 heteroatoms. The molecule has 2 aromatic heterocycles. The highest BCUT2D eigenvalue weighted by Gasteiger charge is 2.35. The fourth-order valence-electron chi connectivity index (χ4n) is 3.35. The number of benzene rings is 1. The van der Waals surface area contributed by atoms with Crippen LogP contribution in [0.1, 0.15) is 22.4 Å². The van der Waals surface area contributed by atoms with Gasteiger partial charge in [0.25, 0.3) is 5.56 Å². The first-order valence-corrected chi connectivity index (χ1v) is 8.77. The lowest BCUT2D eigenvalue weighted by molar-refractivity contribution is -0.140. The van der Waals surface area contributed by atoms with E-state index in [1.54, 1.807) is 4.90 Å². The molecule has 0 aliphatic carbocycles. The Morgan fingerprint density at radius 1 is 1.17 bits per heavy atom. The topological polar surface area (TPSA) is 74.8 Å². The van der Waals surface area contributed by atoms with Gasteiger partial charge in [-0.3, -0.25) is 9.69 Å². The van der Waals surface area contributed by atoms with Gasteiger partial charge in [0.15, 0.2) is 0 Å². The molecule has 3 heterocycles. The molecule has 0 atom stereocenters. The maximum atomic E-state index is 14.3. The van der Waals surface area contributed by atoms with Gasteiger partial charge in [-0.15, -0.1) is 0 Å². The third kappa shape index (κ3) is 3.88. The summed E-state index contributed by atoms with van der Waals surface area (Å²) < 4.78 is 53.2. The Morgan fingerprint density at radius 3 is 2.66 bits per heavy atom. The lowest BCUT2D eigenvalue weighted by Crippen LogP contribution is -2.35. The lowest BCUT2D eigenvalue weighted by Gasteiger charge is -2.28. The summed E-state index contributed by atoms with van der Waals surface area (Å²) in [5.41, 5.74) is -0.0528. The second-order valence-electron chi connectivity index (χ2n) is 6.70. The van der Waals surface area contributed by atoms with Crippen LogP contribution in [-0.4, -0.2) is 31.4 Å². The van der Waals surface area contributed by atoms with Gasteiger partial charge in [-0.2, -0.15) is 13.2 Å². The van der Waals surface area contributed by atoms with Crippen LogP contribution in [0, 0.1) is 5.82 Å². The van der Waals surface area contributed by atoms with Crippen LogP contribution in [0.15, 0.2) is 41.7 Å². The number of nitrogens with zero attached hydrogens (tertiary/aromatic N) is 4. The maximum absolute atomic E-state index is 14.3. The van der Waals surface area contributed by atoms with Crippen LogP contribution in [0.4, 0.5) is 17.6 Å². The van der Waals surface area contributed by atoms with Gasteiger partial charge in [-0.1, -0.05) is 12.1 Å². The molecule has 1 aromatic carbocycles. The Balaban J connectivity index is 1.61. The monoisotopic (exact) mass is 405 g/mol. The zero-order valence-corrected chi connectivity index (χ0v) is 15.0. The minimum atomic E-state index is -4.75. The molecule has 4 rings (SSSR count). The van der Waals surface area contributed by atoms with Crippen molar-refractivity contribution in [1.29, 1.82) is 0 Å². The molecule has 6 nitrogen and oxygen atoms in total. The van der Waals surface area contributed by atoms with Gasteiger partial charge in [0.05, 0.1) is 16.8 Å². The molecule has 0 amide bonds. The normalized spacial score (nSPS) is 14.6. The Kier molecular flexibility index (Phi) is 4.87. The van der Waals surface area contributed by atoms with E-state index >= 15 is 0 Å². The number of nitrogens with one attached hydrogen (secondary N) is 1. The van der Waals surface area contributed by atoms with Crippen LogP contribution >= 0.6 is 0 Å². The minimum absolute atomic E-state index is 0.0204. The predicted molar refractivity (Wildman–Crippen MR) is 95.1 cm³/mol. The number of halogens is 4. The average molecular weight is 405 g/mol. The van der Waals surface area contributed by atoms with E-state index in [4.69, 9.17) is 0 Å². The molecule has 0 radical (unpaired) electrons. The molecule has 0 bridgehead atoms. The molecule has 3 aromatic rings. The van der Waals surface area contributed by atoms with Gasteiger partial charge < -0.3 is 4.98 Å². The number of rotatable bonds is 3. The Morgan fingerprint density at radius 2 is 1.93 bits per heavy atom. The van der Waals surface area contributed by atoms with Crippen molar-refractivity contribution in [3.8, 4) is 11.4 Å². The summed E-state index contributed by atoms with van der Waals surface area (Å²) in [7, 11) is 0. The van der Waals surface area contributed by atoms with E-state index in [1.165, 1.54) is 30.9 Å². The SMILES string of the molecule is O=c1[nH]c(-c2cncnc2)nc2c1CCN(Cc1cccc(C(F)(F)F)c1F)C2. The van der Waals surface area contributed by atoms with Crippen LogP contribution in [0.2, 0.25) is 0 Å². The standard InChI is InChI=1S/C19H15F4N5O/c20-16-11(2-1-3-14(16)19(21,22)23)8-28-5-4-13-15(9-28)26-17(27-18(13)29)12-6-24-10-25-7-12/h1-3,6-7,10H,4-5,8-9H2,(H,26,27,29). The molecule has 29 heavy (non-hydrogen) atoms. The maximum Gasteiger partial charge on any atom is 0.419 e. The molecule has 0 saturated heterocycles.